The molecule has 31 heavy (non-hydrogen) atoms. The van der Waals surface area contributed by atoms with E-state index in [0.29, 0.717) is 43.0 Å². The lowest BCUT2D eigenvalue weighted by Gasteiger charge is -2.59. The van der Waals surface area contributed by atoms with Gasteiger partial charge in [-0.05, 0) is 88.3 Å². The third kappa shape index (κ3) is 3.76. The number of carbonyl (C=O) groups excluding carboxylic acids is 1. The molecule has 1 amide bonds. The molecule has 4 aliphatic carbocycles. The summed E-state index contributed by atoms with van der Waals surface area (Å²) in [6, 6.07) is 4.96. The summed E-state index contributed by atoms with van der Waals surface area (Å²) in [5.41, 5.74) is 0.0730. The first-order valence-electron chi connectivity index (χ1n) is 11.5. The Kier molecular flexibility index (Phi) is 5.30. The molecule has 8 heteroatoms. The summed E-state index contributed by atoms with van der Waals surface area (Å²) in [5, 5.41) is 3.05. The molecule has 0 radical (unpaired) electrons. The third-order valence-electron chi connectivity index (χ3n) is 7.66. The number of nitrogens with zero attached hydrogens (tertiary/aromatic N) is 1. The van der Waals surface area contributed by atoms with Crippen molar-refractivity contribution in [3.63, 3.8) is 0 Å². The number of anilines is 1. The van der Waals surface area contributed by atoms with E-state index in [0.717, 1.165) is 44.9 Å². The topological polar surface area (TPSA) is 75.7 Å². The average molecular weight is 467 g/mol. The number of amides is 1. The van der Waals surface area contributed by atoms with Gasteiger partial charge in [-0.25, -0.2) is 8.42 Å². The van der Waals surface area contributed by atoms with Crippen LogP contribution in [0.25, 0.3) is 0 Å². The first-order chi connectivity index (χ1) is 14.7. The predicted octanol–water partition coefficient (Wildman–Crippen LogP) is 4.39. The molecule has 4 bridgehead atoms. The van der Waals surface area contributed by atoms with Crippen LogP contribution in [-0.4, -0.2) is 43.2 Å². The molecule has 1 aromatic carbocycles. The normalized spacial score (nSPS) is 34.8. The van der Waals surface area contributed by atoms with Gasteiger partial charge in [0, 0.05) is 23.7 Å². The second kappa shape index (κ2) is 7.63. The second-order valence-electron chi connectivity index (χ2n) is 10.1. The summed E-state index contributed by atoms with van der Waals surface area (Å²) in [4.78, 5) is 13.4. The number of rotatable bonds is 6. The van der Waals surface area contributed by atoms with E-state index in [9.17, 15) is 13.2 Å². The average Bonchev–Trinajstić information content (AvgIpc) is 3.23. The molecule has 4 saturated carbocycles. The third-order valence-corrected chi connectivity index (χ3v) is 10.0. The minimum Gasteiger partial charge on any atom is -0.492 e. The van der Waals surface area contributed by atoms with Gasteiger partial charge in [0.1, 0.15) is 10.6 Å². The van der Waals surface area contributed by atoms with Crippen molar-refractivity contribution in [2.24, 2.45) is 17.3 Å². The predicted molar refractivity (Wildman–Crippen MR) is 120 cm³/mol. The molecular formula is C23H31ClN2O4S. The molecule has 0 spiro atoms. The fraction of sp³-hybridized carbons (Fsp3) is 0.696. The molecule has 2 unspecified atom stereocenters. The standard InChI is InChI=1S/C23H31ClN2O4S/c1-2-30-19-6-5-18(10-20(19)31(28,29)26-7-3-4-8-26)25-21(27)22-11-16-9-17(12-22)14-23(24,13-16)15-22/h5-6,10,16-17H,2-4,7-9,11-15H2,1H3,(H,25,27). The van der Waals surface area contributed by atoms with Gasteiger partial charge >= 0.3 is 0 Å². The molecular weight excluding hydrogens is 436 g/mol. The van der Waals surface area contributed by atoms with Gasteiger partial charge in [0.15, 0.2) is 0 Å². The maximum Gasteiger partial charge on any atom is 0.246 e. The first kappa shape index (κ1) is 21.5. The monoisotopic (exact) mass is 466 g/mol. The fourth-order valence-electron chi connectivity index (χ4n) is 6.81. The lowest BCUT2D eigenvalue weighted by Crippen LogP contribution is -2.57. The summed E-state index contributed by atoms with van der Waals surface area (Å²) in [6.07, 6.45) is 7.44. The van der Waals surface area contributed by atoms with Gasteiger partial charge in [-0.3, -0.25) is 4.79 Å². The maximum absolute atomic E-state index is 13.5. The van der Waals surface area contributed by atoms with Crippen LogP contribution in [0.2, 0.25) is 0 Å². The Morgan fingerprint density at radius 3 is 2.48 bits per heavy atom. The van der Waals surface area contributed by atoms with Crippen molar-refractivity contribution in [3.8, 4) is 5.75 Å². The zero-order valence-corrected chi connectivity index (χ0v) is 19.6. The summed E-state index contributed by atoms with van der Waals surface area (Å²) < 4.78 is 33.6. The highest BCUT2D eigenvalue weighted by atomic mass is 35.5. The first-order valence-corrected chi connectivity index (χ1v) is 13.3. The fourth-order valence-corrected chi connectivity index (χ4v) is 9.18. The number of nitrogens with one attached hydrogen (secondary N) is 1. The zero-order valence-electron chi connectivity index (χ0n) is 18.0. The Hall–Kier alpha value is -1.31. The molecule has 5 fully saturated rings. The number of ether oxygens (including phenoxy) is 1. The quantitative estimate of drug-likeness (QED) is 0.631. The number of halogens is 1. The van der Waals surface area contributed by atoms with Gasteiger partial charge in [-0.1, -0.05) is 0 Å². The van der Waals surface area contributed by atoms with Crippen LogP contribution in [0.3, 0.4) is 0 Å². The molecule has 1 saturated heterocycles. The van der Waals surface area contributed by atoms with E-state index in [1.807, 2.05) is 6.92 Å². The lowest BCUT2D eigenvalue weighted by atomic mass is 9.49. The lowest BCUT2D eigenvalue weighted by molar-refractivity contribution is -0.138. The van der Waals surface area contributed by atoms with Crippen molar-refractivity contribution in [1.82, 2.24) is 4.31 Å². The van der Waals surface area contributed by atoms with Crippen LogP contribution in [0.5, 0.6) is 5.75 Å². The summed E-state index contributed by atoms with van der Waals surface area (Å²) >= 11 is 6.90. The Labute approximate surface area is 189 Å². The molecule has 2 atom stereocenters. The summed E-state index contributed by atoms with van der Waals surface area (Å²) in [5.74, 6) is 1.37. The van der Waals surface area contributed by atoms with E-state index in [1.165, 1.54) is 10.7 Å². The van der Waals surface area contributed by atoms with Gasteiger partial charge in [0.05, 0.1) is 12.0 Å². The minimum atomic E-state index is -3.67. The van der Waals surface area contributed by atoms with Crippen LogP contribution in [0.4, 0.5) is 5.69 Å². The van der Waals surface area contributed by atoms with Gasteiger partial charge in [-0.15, -0.1) is 11.6 Å². The maximum atomic E-state index is 13.5. The van der Waals surface area contributed by atoms with Crippen molar-refractivity contribution >= 4 is 33.2 Å². The zero-order chi connectivity index (χ0) is 21.9. The highest BCUT2D eigenvalue weighted by molar-refractivity contribution is 7.89. The highest BCUT2D eigenvalue weighted by Crippen LogP contribution is 2.64. The number of benzene rings is 1. The second-order valence-corrected chi connectivity index (χ2v) is 12.8. The van der Waals surface area contributed by atoms with Gasteiger partial charge < -0.3 is 10.1 Å². The van der Waals surface area contributed by atoms with Gasteiger partial charge in [0.25, 0.3) is 0 Å². The van der Waals surface area contributed by atoms with Gasteiger partial charge in [0.2, 0.25) is 15.9 Å². The Morgan fingerprint density at radius 1 is 1.19 bits per heavy atom. The molecule has 1 aliphatic heterocycles. The molecule has 5 aliphatic rings. The summed E-state index contributed by atoms with van der Waals surface area (Å²) in [7, 11) is -3.67. The van der Waals surface area contributed by atoms with E-state index >= 15 is 0 Å². The molecule has 1 N–H and O–H groups in total. The molecule has 0 aromatic heterocycles. The number of hydrogen-bond donors (Lipinski definition) is 1. The van der Waals surface area contributed by atoms with E-state index in [-0.39, 0.29) is 15.7 Å². The van der Waals surface area contributed by atoms with Crippen molar-refractivity contribution in [2.75, 3.05) is 25.0 Å². The minimum absolute atomic E-state index is 0.0136. The van der Waals surface area contributed by atoms with E-state index < -0.39 is 15.4 Å². The van der Waals surface area contributed by atoms with Crippen molar-refractivity contribution < 1.29 is 17.9 Å². The SMILES string of the molecule is CCOc1ccc(NC(=O)C23CC4CC(CC(Cl)(C4)C2)C3)cc1S(=O)(=O)N1CCCC1. The van der Waals surface area contributed by atoms with Crippen molar-refractivity contribution in [2.45, 2.75) is 68.1 Å². The number of alkyl halides is 1. The van der Waals surface area contributed by atoms with Crippen LogP contribution >= 0.6 is 11.6 Å². The largest absolute Gasteiger partial charge is 0.492 e. The molecule has 170 valence electrons. The van der Waals surface area contributed by atoms with Crippen molar-refractivity contribution in [3.05, 3.63) is 18.2 Å². The van der Waals surface area contributed by atoms with Crippen LogP contribution in [-0.2, 0) is 14.8 Å². The van der Waals surface area contributed by atoms with Gasteiger partial charge in [-0.2, -0.15) is 4.31 Å². The molecule has 1 aromatic rings. The van der Waals surface area contributed by atoms with E-state index in [4.69, 9.17) is 16.3 Å². The smallest absolute Gasteiger partial charge is 0.246 e. The van der Waals surface area contributed by atoms with E-state index in [2.05, 4.69) is 5.32 Å². The van der Waals surface area contributed by atoms with E-state index in [1.54, 1.807) is 18.2 Å². The van der Waals surface area contributed by atoms with Crippen molar-refractivity contribution in [1.29, 1.82) is 0 Å². The highest BCUT2D eigenvalue weighted by Gasteiger charge is 2.60. The molecule has 6 rings (SSSR count). The van der Waals surface area contributed by atoms with Crippen LogP contribution in [0.1, 0.15) is 58.3 Å². The number of carbonyl (C=O) groups is 1. The Morgan fingerprint density at radius 2 is 1.87 bits per heavy atom. The van der Waals surface area contributed by atoms with Crippen LogP contribution < -0.4 is 10.1 Å². The Bertz CT molecular complexity index is 975. The number of sulfonamides is 1. The van der Waals surface area contributed by atoms with Crippen LogP contribution in [0, 0.1) is 17.3 Å². The Balaban J connectivity index is 1.43. The number of hydrogen-bond acceptors (Lipinski definition) is 4. The molecule has 6 nitrogen and oxygen atoms in total. The molecule has 1 heterocycles. The summed E-state index contributed by atoms with van der Waals surface area (Å²) in [6.45, 7) is 3.25. The van der Waals surface area contributed by atoms with Crippen LogP contribution in [0.15, 0.2) is 23.1 Å².